The monoisotopic (exact) mass is 435 g/mol. The summed E-state index contributed by atoms with van der Waals surface area (Å²) in [6.07, 6.45) is 0. The Kier molecular flexibility index (Phi) is 69.8. The van der Waals surface area contributed by atoms with Crippen LogP contribution in [0.3, 0.4) is 0 Å². The van der Waals surface area contributed by atoms with Crippen molar-refractivity contribution in [1.29, 1.82) is 0 Å². The van der Waals surface area contributed by atoms with Crippen LogP contribution in [0.25, 0.3) is 0 Å². The van der Waals surface area contributed by atoms with Crippen LogP contribution in [0, 0.1) is 0 Å². The van der Waals surface area contributed by atoms with Crippen LogP contribution in [0.4, 0.5) is 0 Å². The summed E-state index contributed by atoms with van der Waals surface area (Å²) in [4.78, 5) is 0. The zero-order chi connectivity index (χ0) is 2.00. The Labute approximate surface area is 69.8 Å². The molecule has 0 aliphatic rings. The fourth-order valence-electron chi connectivity index (χ4n) is 0. The van der Waals surface area contributed by atoms with Gasteiger partial charge in [0.15, 0.2) is 0 Å². The molecule has 0 aromatic heterocycles. The quantitative estimate of drug-likeness (QED) is 0.433. The van der Waals surface area contributed by atoms with Gasteiger partial charge in [-0.1, -0.05) is 0 Å². The van der Waals surface area contributed by atoms with E-state index in [2.05, 4.69) is 15.6 Å². The third-order valence-corrected chi connectivity index (χ3v) is 0. The van der Waals surface area contributed by atoms with Gasteiger partial charge in [-0.3, -0.25) is 0 Å². The molecule has 2 radical (unpaired) electrons. The average Bonchev–Trinajstić information content (AvgIpc) is 1.00. The maximum atomic E-state index is 2.12. The molecule has 0 unspecified atom stereocenters. The first kappa shape index (κ1) is 16.0. The molecule has 0 bridgehead atoms. The molecule has 0 N–H and O–H groups in total. The minimum atomic E-state index is 0. The Morgan fingerprint density at radius 1 is 1.00 bits per heavy atom. The Hall–Kier alpha value is 2.61. The van der Waals surface area contributed by atoms with Gasteiger partial charge in [0.2, 0.25) is 0 Å². The Morgan fingerprint density at radius 2 is 1.00 bits per heavy atom. The van der Waals surface area contributed by atoms with Gasteiger partial charge in [-0.2, -0.15) is 0 Å². The molecule has 0 nitrogen and oxygen atoms in total. The van der Waals surface area contributed by atoms with E-state index in [9.17, 15) is 0 Å². The molecular formula is H2BiCu2Mo. The molecule has 4 heteroatoms. The van der Waals surface area contributed by atoms with Gasteiger partial charge in [-0.15, -0.1) is 0 Å². The van der Waals surface area contributed by atoms with E-state index >= 15 is 0 Å². The molecular weight excluding hydrogens is 432 g/mol. The molecule has 0 rings (SSSR count). The Morgan fingerprint density at radius 3 is 1.00 bits per heavy atom. The van der Waals surface area contributed by atoms with Crippen molar-refractivity contribution in [3.05, 3.63) is 0 Å². The van der Waals surface area contributed by atoms with E-state index in [1.165, 1.54) is 21.3 Å². The van der Waals surface area contributed by atoms with E-state index in [-0.39, 0.29) is 34.1 Å². The van der Waals surface area contributed by atoms with Gasteiger partial charge in [0, 0.05) is 34.1 Å². The van der Waals surface area contributed by atoms with Crippen LogP contribution in [0.15, 0.2) is 0 Å². The van der Waals surface area contributed by atoms with E-state index in [0.29, 0.717) is 0 Å². The van der Waals surface area contributed by atoms with Crippen molar-refractivity contribution in [2.75, 3.05) is 0 Å². The summed E-state index contributed by atoms with van der Waals surface area (Å²) in [6, 6.07) is 0. The first-order valence-corrected chi connectivity index (χ1v) is 12.2. The molecule has 0 aliphatic carbocycles. The van der Waals surface area contributed by atoms with Crippen molar-refractivity contribution in [3.8, 4) is 0 Å². The molecule has 4 heavy (non-hydrogen) atoms. The van der Waals surface area contributed by atoms with Gasteiger partial charge >= 0.3 is 36.9 Å². The molecule has 0 aromatic rings. The fraction of sp³-hybridized carbons (Fsp3) is 0. The van der Waals surface area contributed by atoms with E-state index in [1.54, 1.807) is 0 Å². The fourth-order valence-corrected chi connectivity index (χ4v) is 0. The predicted octanol–water partition coefficient (Wildman–Crippen LogP) is -0.924. The van der Waals surface area contributed by atoms with Crippen LogP contribution in [0.1, 0.15) is 0 Å². The average molecular weight is 434 g/mol. The summed E-state index contributed by atoms with van der Waals surface area (Å²) in [5.74, 6) is 0. The van der Waals surface area contributed by atoms with Crippen LogP contribution in [0.5, 0.6) is 0 Å². The van der Waals surface area contributed by atoms with Gasteiger partial charge < -0.3 is 0 Å². The van der Waals surface area contributed by atoms with E-state index < -0.39 is 0 Å². The van der Waals surface area contributed by atoms with Gasteiger partial charge in [-0.05, 0) is 0 Å². The van der Waals surface area contributed by atoms with Gasteiger partial charge in [0.25, 0.3) is 0 Å². The van der Waals surface area contributed by atoms with E-state index in [4.69, 9.17) is 0 Å². The predicted molar refractivity (Wildman–Crippen MR) is 8.54 cm³/mol. The van der Waals surface area contributed by atoms with Crippen LogP contribution in [-0.2, 0) is 49.7 Å². The first-order valence-electron chi connectivity index (χ1n) is 0.236. The van der Waals surface area contributed by atoms with Crippen molar-refractivity contribution in [2.24, 2.45) is 0 Å². The number of rotatable bonds is 0. The minimum absolute atomic E-state index is 0. The number of hydrogen-bond acceptors (Lipinski definition) is 0. The van der Waals surface area contributed by atoms with Gasteiger partial charge in [0.1, 0.15) is 0 Å². The summed E-state index contributed by atoms with van der Waals surface area (Å²) in [5, 5.41) is 0. The van der Waals surface area contributed by atoms with Gasteiger partial charge in [-0.25, -0.2) is 0 Å². The SMILES string of the molecule is [Cu].[Cu].[Mo][BiH2]. The summed E-state index contributed by atoms with van der Waals surface area (Å²) in [6.45, 7) is 0. The second-order valence-corrected chi connectivity index (χ2v) is 0. The van der Waals surface area contributed by atoms with Crippen LogP contribution in [0.2, 0.25) is 0 Å². The molecule has 0 aliphatic heterocycles. The summed E-state index contributed by atoms with van der Waals surface area (Å²) in [7, 11) is 0. The van der Waals surface area contributed by atoms with Gasteiger partial charge in [0.05, 0.1) is 0 Å². The summed E-state index contributed by atoms with van der Waals surface area (Å²) < 4.78 is 0. The molecule has 0 saturated carbocycles. The number of hydrogen-bond donors (Lipinski definition) is 0. The molecule has 0 saturated heterocycles. The first-order chi connectivity index (χ1) is 1.00. The molecule has 0 amide bonds. The molecule has 0 fully saturated rings. The molecule has 0 heterocycles. The third kappa shape index (κ3) is 8.82. The van der Waals surface area contributed by atoms with Crippen LogP contribution in [-0.4, -0.2) is 21.3 Å². The zero-order valence-electron chi connectivity index (χ0n) is 1.59. The second kappa shape index (κ2) is 17.5. The summed E-state index contributed by atoms with van der Waals surface area (Å²) >= 11 is 3.29. The Balaban J connectivity index is -0.00000000500. The van der Waals surface area contributed by atoms with Crippen molar-refractivity contribution in [2.45, 2.75) is 0 Å². The van der Waals surface area contributed by atoms with E-state index in [1.807, 2.05) is 0 Å². The van der Waals surface area contributed by atoms with Crippen molar-refractivity contribution >= 4 is 21.3 Å². The second-order valence-electron chi connectivity index (χ2n) is 0. The zero-order valence-corrected chi connectivity index (χ0v) is 9.97. The topological polar surface area (TPSA) is 0 Å². The molecule has 35 valence electrons. The van der Waals surface area contributed by atoms with Crippen LogP contribution >= 0.6 is 0 Å². The maximum absolute atomic E-state index is 2.12. The Bertz CT molecular complexity index is 6.00. The van der Waals surface area contributed by atoms with Crippen molar-refractivity contribution in [3.63, 3.8) is 0 Å². The standard InChI is InChI=1S/Bi.2Cu.Mo.2H. The van der Waals surface area contributed by atoms with Crippen LogP contribution < -0.4 is 0 Å². The molecule has 0 atom stereocenters. The third-order valence-electron chi connectivity index (χ3n) is 0. The summed E-state index contributed by atoms with van der Waals surface area (Å²) in [5.41, 5.74) is 0. The van der Waals surface area contributed by atoms with Crippen molar-refractivity contribution in [1.82, 2.24) is 0 Å². The molecule has 0 aromatic carbocycles. The van der Waals surface area contributed by atoms with Crippen molar-refractivity contribution < 1.29 is 49.7 Å². The molecule has 0 spiro atoms. The van der Waals surface area contributed by atoms with E-state index in [0.717, 1.165) is 0 Å². The normalized spacial score (nSPS) is 1.25.